The Morgan fingerprint density at radius 1 is 1.53 bits per heavy atom. The normalized spacial score (nSPS) is 17.9. The van der Waals surface area contributed by atoms with Gasteiger partial charge in [-0.15, -0.1) is 11.3 Å². The maximum absolute atomic E-state index is 11.6. The summed E-state index contributed by atoms with van der Waals surface area (Å²) in [7, 11) is 2.15. The van der Waals surface area contributed by atoms with Gasteiger partial charge in [-0.25, -0.2) is 4.79 Å². The van der Waals surface area contributed by atoms with E-state index in [9.17, 15) is 4.79 Å². The lowest BCUT2D eigenvalue weighted by Gasteiger charge is -2.28. The van der Waals surface area contributed by atoms with Crippen molar-refractivity contribution < 1.29 is 4.79 Å². The Kier molecular flexibility index (Phi) is 4.39. The van der Waals surface area contributed by atoms with Gasteiger partial charge in [-0.05, 0) is 56.4 Å². The van der Waals surface area contributed by atoms with Crippen LogP contribution in [0.2, 0.25) is 0 Å². The average Bonchev–Trinajstić information content (AvgIpc) is 2.81. The molecular formula is C12H19N3OS. The minimum Gasteiger partial charge on any atom is -0.338 e. The summed E-state index contributed by atoms with van der Waals surface area (Å²) in [4.78, 5) is 13.9. The zero-order chi connectivity index (χ0) is 12.1. The highest BCUT2D eigenvalue weighted by atomic mass is 32.1. The predicted molar refractivity (Wildman–Crippen MR) is 71.6 cm³/mol. The molecule has 0 unspecified atom stereocenters. The molecule has 1 fully saturated rings. The number of hydrogen-bond acceptors (Lipinski definition) is 3. The van der Waals surface area contributed by atoms with Gasteiger partial charge >= 0.3 is 6.03 Å². The Morgan fingerprint density at radius 2 is 2.29 bits per heavy atom. The predicted octanol–water partition coefficient (Wildman–Crippen LogP) is 2.21. The molecule has 94 valence electrons. The Morgan fingerprint density at radius 3 is 2.94 bits per heavy atom. The topological polar surface area (TPSA) is 44.4 Å². The fourth-order valence-corrected chi connectivity index (χ4v) is 2.62. The standard InChI is InChI=1S/C12H19N3OS/c1-15-6-4-10(5-7-15)9-13-12(16)14-11-3-2-8-17-11/h2-3,8,10H,4-7,9H2,1H3,(H2,13,14,16). The molecule has 2 N–H and O–H groups in total. The maximum Gasteiger partial charge on any atom is 0.319 e. The lowest BCUT2D eigenvalue weighted by atomic mass is 9.97. The molecule has 0 radical (unpaired) electrons. The highest BCUT2D eigenvalue weighted by Gasteiger charge is 2.17. The second kappa shape index (κ2) is 6.02. The minimum absolute atomic E-state index is 0.0913. The number of carbonyl (C=O) groups is 1. The summed E-state index contributed by atoms with van der Waals surface area (Å²) in [5.41, 5.74) is 0. The Labute approximate surface area is 106 Å². The molecule has 0 spiro atoms. The van der Waals surface area contributed by atoms with Crippen LogP contribution in [0.5, 0.6) is 0 Å². The van der Waals surface area contributed by atoms with Crippen molar-refractivity contribution in [3.05, 3.63) is 17.5 Å². The quantitative estimate of drug-likeness (QED) is 0.867. The number of likely N-dealkylation sites (tertiary alicyclic amines) is 1. The summed E-state index contributed by atoms with van der Waals surface area (Å²) in [5, 5.41) is 8.62. The number of nitrogens with zero attached hydrogens (tertiary/aromatic N) is 1. The van der Waals surface area contributed by atoms with Crippen LogP contribution in [-0.4, -0.2) is 37.6 Å². The van der Waals surface area contributed by atoms with Crippen LogP contribution in [0.25, 0.3) is 0 Å². The molecule has 0 aliphatic carbocycles. The van der Waals surface area contributed by atoms with Gasteiger partial charge in [0.05, 0.1) is 5.00 Å². The number of urea groups is 1. The van der Waals surface area contributed by atoms with E-state index in [1.54, 1.807) is 0 Å². The molecule has 0 saturated carbocycles. The van der Waals surface area contributed by atoms with Crippen molar-refractivity contribution in [1.82, 2.24) is 10.2 Å². The highest BCUT2D eigenvalue weighted by Crippen LogP contribution is 2.16. The summed E-state index contributed by atoms with van der Waals surface area (Å²) in [5.74, 6) is 0.625. The van der Waals surface area contributed by atoms with Gasteiger partial charge in [-0.1, -0.05) is 0 Å². The van der Waals surface area contributed by atoms with Crippen molar-refractivity contribution in [2.24, 2.45) is 5.92 Å². The van der Waals surface area contributed by atoms with Gasteiger partial charge in [0.15, 0.2) is 0 Å². The van der Waals surface area contributed by atoms with Crippen LogP contribution in [0.15, 0.2) is 17.5 Å². The Hall–Kier alpha value is -1.07. The molecule has 2 heterocycles. The molecule has 1 aliphatic rings. The van der Waals surface area contributed by atoms with Crippen LogP contribution in [0, 0.1) is 5.92 Å². The number of hydrogen-bond donors (Lipinski definition) is 2. The van der Waals surface area contributed by atoms with E-state index >= 15 is 0 Å². The van der Waals surface area contributed by atoms with Gasteiger partial charge in [-0.3, -0.25) is 5.32 Å². The van der Waals surface area contributed by atoms with Gasteiger partial charge in [0, 0.05) is 6.54 Å². The lowest BCUT2D eigenvalue weighted by molar-refractivity contribution is 0.213. The SMILES string of the molecule is CN1CCC(CNC(=O)Nc2cccs2)CC1. The third-order valence-corrected chi connectivity index (χ3v) is 3.93. The van der Waals surface area contributed by atoms with Crippen LogP contribution in [0.4, 0.5) is 9.80 Å². The molecule has 1 aliphatic heterocycles. The summed E-state index contributed by atoms with van der Waals surface area (Å²) in [6.45, 7) is 3.06. The molecule has 1 saturated heterocycles. The number of nitrogens with one attached hydrogen (secondary N) is 2. The smallest absolute Gasteiger partial charge is 0.319 e. The van der Waals surface area contributed by atoms with Crippen molar-refractivity contribution in [1.29, 1.82) is 0 Å². The van der Waals surface area contributed by atoms with Gasteiger partial charge < -0.3 is 10.2 Å². The first-order chi connectivity index (χ1) is 8.24. The molecule has 5 heteroatoms. The van der Waals surface area contributed by atoms with Crippen LogP contribution >= 0.6 is 11.3 Å². The molecule has 1 aromatic heterocycles. The zero-order valence-electron chi connectivity index (χ0n) is 10.1. The van der Waals surface area contributed by atoms with Crippen molar-refractivity contribution in [2.45, 2.75) is 12.8 Å². The average molecular weight is 253 g/mol. The van der Waals surface area contributed by atoms with E-state index in [1.807, 2.05) is 17.5 Å². The number of rotatable bonds is 3. The summed E-state index contributed by atoms with van der Waals surface area (Å²) in [6.07, 6.45) is 2.35. The van der Waals surface area contributed by atoms with Crippen molar-refractivity contribution >= 4 is 22.4 Å². The first kappa shape index (κ1) is 12.4. The first-order valence-electron chi connectivity index (χ1n) is 6.01. The number of thiophene rings is 1. The highest BCUT2D eigenvalue weighted by molar-refractivity contribution is 7.14. The number of amides is 2. The fourth-order valence-electron chi connectivity index (χ4n) is 2.01. The van der Waals surface area contributed by atoms with E-state index in [2.05, 4.69) is 22.6 Å². The minimum atomic E-state index is -0.0913. The second-order valence-corrected chi connectivity index (χ2v) is 5.51. The fraction of sp³-hybridized carbons (Fsp3) is 0.583. The molecule has 2 amide bonds. The number of piperidine rings is 1. The molecular weight excluding hydrogens is 234 g/mol. The van der Waals surface area contributed by atoms with Gasteiger partial charge in [0.25, 0.3) is 0 Å². The summed E-state index contributed by atoms with van der Waals surface area (Å²) in [6, 6.07) is 3.74. The van der Waals surface area contributed by atoms with Gasteiger partial charge in [-0.2, -0.15) is 0 Å². The first-order valence-corrected chi connectivity index (χ1v) is 6.89. The third kappa shape index (κ3) is 4.02. The van der Waals surface area contributed by atoms with Gasteiger partial charge in [0.2, 0.25) is 0 Å². The molecule has 2 rings (SSSR count). The largest absolute Gasteiger partial charge is 0.338 e. The second-order valence-electron chi connectivity index (χ2n) is 4.56. The number of carbonyl (C=O) groups excluding carboxylic acids is 1. The Bertz CT molecular complexity index is 345. The number of anilines is 1. The van der Waals surface area contributed by atoms with Crippen LogP contribution in [-0.2, 0) is 0 Å². The van der Waals surface area contributed by atoms with E-state index in [0.717, 1.165) is 24.6 Å². The van der Waals surface area contributed by atoms with Crippen molar-refractivity contribution in [3.63, 3.8) is 0 Å². The van der Waals surface area contributed by atoms with Crippen molar-refractivity contribution in [2.75, 3.05) is 32.0 Å². The van der Waals surface area contributed by atoms with E-state index in [0.29, 0.717) is 5.92 Å². The summed E-state index contributed by atoms with van der Waals surface area (Å²) < 4.78 is 0. The zero-order valence-corrected chi connectivity index (χ0v) is 10.9. The molecule has 0 bridgehead atoms. The lowest BCUT2D eigenvalue weighted by Crippen LogP contribution is -2.38. The maximum atomic E-state index is 11.6. The molecule has 1 aromatic rings. The molecule has 0 atom stereocenters. The van der Waals surface area contributed by atoms with Crippen LogP contribution in [0.3, 0.4) is 0 Å². The van der Waals surface area contributed by atoms with Crippen molar-refractivity contribution in [3.8, 4) is 0 Å². The van der Waals surface area contributed by atoms with Crippen LogP contribution in [0.1, 0.15) is 12.8 Å². The van der Waals surface area contributed by atoms with E-state index in [1.165, 1.54) is 24.2 Å². The third-order valence-electron chi connectivity index (χ3n) is 3.15. The summed E-state index contributed by atoms with van der Waals surface area (Å²) >= 11 is 1.53. The van der Waals surface area contributed by atoms with E-state index in [-0.39, 0.29) is 6.03 Å². The molecule has 0 aromatic carbocycles. The molecule has 4 nitrogen and oxygen atoms in total. The molecule has 17 heavy (non-hydrogen) atoms. The van der Waals surface area contributed by atoms with Gasteiger partial charge in [0.1, 0.15) is 0 Å². The Balaban J connectivity index is 1.66. The van der Waals surface area contributed by atoms with E-state index < -0.39 is 0 Å². The monoisotopic (exact) mass is 253 g/mol. The van der Waals surface area contributed by atoms with E-state index in [4.69, 9.17) is 0 Å². The van der Waals surface area contributed by atoms with Crippen LogP contribution < -0.4 is 10.6 Å².